The number of benzene rings is 2. The second-order valence-electron chi connectivity index (χ2n) is 6.85. The van der Waals surface area contributed by atoms with Crippen LogP contribution in [0, 0.1) is 0 Å². The molecule has 1 aliphatic carbocycles. The molecule has 0 atom stereocenters. The molecule has 0 radical (unpaired) electrons. The van der Waals surface area contributed by atoms with Crippen LogP contribution in [0.5, 0.6) is 0 Å². The molecule has 1 aliphatic rings. The molecule has 28 heavy (non-hydrogen) atoms. The van der Waals surface area contributed by atoms with Gasteiger partial charge in [-0.05, 0) is 49.4 Å². The summed E-state index contributed by atoms with van der Waals surface area (Å²) in [5.41, 5.74) is 2.80. The molecule has 6 heteroatoms. The van der Waals surface area contributed by atoms with E-state index in [1.807, 2.05) is 12.1 Å². The van der Waals surface area contributed by atoms with E-state index >= 15 is 0 Å². The molecule has 0 N–H and O–H groups in total. The highest BCUT2D eigenvalue weighted by atomic mass is 16.5. The summed E-state index contributed by atoms with van der Waals surface area (Å²) >= 11 is 0. The minimum Gasteiger partial charge on any atom is -0.452 e. The van der Waals surface area contributed by atoms with Crippen LogP contribution < -0.4 is 5.56 Å². The standard InChI is InChI=1S/C22H20N2O4/c1-2-24-21(26)18-9-4-3-8-17(18)20(23-24)22(27)28-13-19(25)16-11-10-14-6-5-7-15(14)12-16/h3-4,8-12H,2,5-7,13H2,1H3. The van der Waals surface area contributed by atoms with Crippen LogP contribution in [0.1, 0.15) is 45.3 Å². The Morgan fingerprint density at radius 2 is 1.82 bits per heavy atom. The number of aromatic nitrogens is 2. The zero-order chi connectivity index (χ0) is 19.7. The van der Waals surface area contributed by atoms with E-state index in [0.717, 1.165) is 19.3 Å². The summed E-state index contributed by atoms with van der Waals surface area (Å²) in [5, 5.41) is 4.96. The van der Waals surface area contributed by atoms with Crippen LogP contribution in [0.4, 0.5) is 0 Å². The van der Waals surface area contributed by atoms with Crippen LogP contribution in [0.2, 0.25) is 0 Å². The first-order valence-corrected chi connectivity index (χ1v) is 9.40. The van der Waals surface area contributed by atoms with Gasteiger partial charge in [-0.15, -0.1) is 0 Å². The van der Waals surface area contributed by atoms with Crippen LogP contribution in [-0.4, -0.2) is 28.1 Å². The first-order chi connectivity index (χ1) is 13.6. The highest BCUT2D eigenvalue weighted by Crippen LogP contribution is 2.23. The molecule has 0 bridgehead atoms. The molecule has 0 aliphatic heterocycles. The molecule has 0 amide bonds. The van der Waals surface area contributed by atoms with Crippen molar-refractivity contribution >= 4 is 22.5 Å². The van der Waals surface area contributed by atoms with Gasteiger partial charge in [0.15, 0.2) is 18.1 Å². The third kappa shape index (κ3) is 3.22. The van der Waals surface area contributed by atoms with E-state index in [2.05, 4.69) is 5.10 Å². The fourth-order valence-corrected chi connectivity index (χ4v) is 3.63. The maximum absolute atomic E-state index is 12.6. The Morgan fingerprint density at radius 1 is 1.07 bits per heavy atom. The molecule has 2 aromatic carbocycles. The van der Waals surface area contributed by atoms with Crippen LogP contribution in [0.25, 0.3) is 10.8 Å². The summed E-state index contributed by atoms with van der Waals surface area (Å²) in [4.78, 5) is 37.4. The summed E-state index contributed by atoms with van der Waals surface area (Å²) < 4.78 is 6.47. The molecular formula is C22H20N2O4. The maximum atomic E-state index is 12.6. The SMILES string of the molecule is CCn1nc(C(=O)OCC(=O)c2ccc3c(c2)CCC3)c2ccccc2c1=O. The Bertz CT molecular complexity index is 1150. The highest BCUT2D eigenvalue weighted by molar-refractivity contribution is 6.04. The van der Waals surface area contributed by atoms with E-state index in [-0.39, 0.29) is 23.6 Å². The number of carbonyl (C=O) groups excluding carboxylic acids is 2. The Labute approximate surface area is 161 Å². The summed E-state index contributed by atoms with van der Waals surface area (Å²) in [6, 6.07) is 12.4. The molecule has 1 aromatic heterocycles. The van der Waals surface area contributed by atoms with Gasteiger partial charge in [-0.2, -0.15) is 5.10 Å². The Balaban J connectivity index is 1.56. The number of aryl methyl sites for hydroxylation is 3. The predicted octanol–water partition coefficient (Wildman–Crippen LogP) is 2.94. The molecule has 4 rings (SSSR count). The lowest BCUT2D eigenvalue weighted by atomic mass is 10.0. The molecule has 0 spiro atoms. The van der Waals surface area contributed by atoms with Crippen LogP contribution in [0.3, 0.4) is 0 Å². The maximum Gasteiger partial charge on any atom is 0.359 e. The van der Waals surface area contributed by atoms with Gasteiger partial charge in [-0.25, -0.2) is 9.48 Å². The molecular weight excluding hydrogens is 356 g/mol. The van der Waals surface area contributed by atoms with Crippen LogP contribution >= 0.6 is 0 Å². The normalized spacial score (nSPS) is 12.8. The zero-order valence-electron chi connectivity index (χ0n) is 15.6. The fourth-order valence-electron chi connectivity index (χ4n) is 3.63. The number of carbonyl (C=O) groups is 2. The monoisotopic (exact) mass is 376 g/mol. The second-order valence-corrected chi connectivity index (χ2v) is 6.85. The number of ketones is 1. The van der Waals surface area contributed by atoms with Crippen LogP contribution in [0.15, 0.2) is 47.3 Å². The van der Waals surface area contributed by atoms with Gasteiger partial charge >= 0.3 is 5.97 Å². The molecule has 3 aromatic rings. The van der Waals surface area contributed by atoms with E-state index in [4.69, 9.17) is 4.74 Å². The molecule has 6 nitrogen and oxygen atoms in total. The van der Waals surface area contributed by atoms with Gasteiger partial charge in [0.25, 0.3) is 5.56 Å². The fraction of sp³-hybridized carbons (Fsp3) is 0.273. The lowest BCUT2D eigenvalue weighted by Crippen LogP contribution is -2.26. The van der Waals surface area contributed by atoms with Gasteiger partial charge < -0.3 is 4.74 Å². The summed E-state index contributed by atoms with van der Waals surface area (Å²) in [5.74, 6) is -0.968. The number of fused-ring (bicyclic) bond motifs is 2. The molecule has 0 saturated heterocycles. The van der Waals surface area contributed by atoms with Crippen molar-refractivity contribution in [1.29, 1.82) is 0 Å². The van der Waals surface area contributed by atoms with Crippen molar-refractivity contribution in [2.45, 2.75) is 32.7 Å². The molecule has 0 fully saturated rings. The molecule has 0 unspecified atom stereocenters. The quantitative estimate of drug-likeness (QED) is 0.505. The number of ether oxygens (including phenoxy) is 1. The van der Waals surface area contributed by atoms with Crippen LogP contribution in [-0.2, 0) is 24.1 Å². The first kappa shape index (κ1) is 18.1. The first-order valence-electron chi connectivity index (χ1n) is 9.40. The predicted molar refractivity (Wildman–Crippen MR) is 105 cm³/mol. The second kappa shape index (κ2) is 7.38. The minimum atomic E-state index is -0.715. The van der Waals surface area contributed by atoms with Gasteiger partial charge in [0, 0.05) is 17.5 Å². The minimum absolute atomic E-state index is 0.0406. The van der Waals surface area contributed by atoms with E-state index in [0.29, 0.717) is 22.9 Å². The number of Topliss-reactive ketones (excluding diaryl/α,β-unsaturated/α-hetero) is 1. The van der Waals surface area contributed by atoms with Crippen molar-refractivity contribution in [2.75, 3.05) is 6.61 Å². The lowest BCUT2D eigenvalue weighted by molar-refractivity contribution is 0.0468. The third-order valence-corrected chi connectivity index (χ3v) is 5.12. The summed E-state index contributed by atoms with van der Waals surface area (Å²) in [7, 11) is 0. The number of rotatable bonds is 5. The average molecular weight is 376 g/mol. The van der Waals surface area contributed by atoms with Crippen molar-refractivity contribution in [3.05, 3.63) is 75.2 Å². The zero-order valence-corrected chi connectivity index (χ0v) is 15.6. The Hall–Kier alpha value is -3.28. The van der Waals surface area contributed by atoms with E-state index < -0.39 is 5.97 Å². The van der Waals surface area contributed by atoms with Crippen molar-refractivity contribution in [1.82, 2.24) is 9.78 Å². The van der Waals surface area contributed by atoms with Crippen molar-refractivity contribution in [3.8, 4) is 0 Å². The highest BCUT2D eigenvalue weighted by Gasteiger charge is 2.20. The Kier molecular flexibility index (Phi) is 4.77. The van der Waals surface area contributed by atoms with Gasteiger partial charge in [-0.1, -0.05) is 30.3 Å². The van der Waals surface area contributed by atoms with Crippen molar-refractivity contribution < 1.29 is 14.3 Å². The number of nitrogens with zero attached hydrogens (tertiary/aromatic N) is 2. The third-order valence-electron chi connectivity index (χ3n) is 5.12. The van der Waals surface area contributed by atoms with E-state index in [1.165, 1.54) is 15.8 Å². The number of hydrogen-bond acceptors (Lipinski definition) is 5. The number of hydrogen-bond donors (Lipinski definition) is 0. The largest absolute Gasteiger partial charge is 0.452 e. The number of esters is 1. The van der Waals surface area contributed by atoms with Gasteiger partial charge in [0.05, 0.1) is 5.39 Å². The van der Waals surface area contributed by atoms with Crippen molar-refractivity contribution in [2.24, 2.45) is 0 Å². The summed E-state index contributed by atoms with van der Waals surface area (Å²) in [6.07, 6.45) is 3.13. The molecule has 1 heterocycles. The smallest absolute Gasteiger partial charge is 0.359 e. The van der Waals surface area contributed by atoms with Gasteiger partial charge in [0.1, 0.15) is 0 Å². The molecule has 142 valence electrons. The summed E-state index contributed by atoms with van der Waals surface area (Å²) in [6.45, 7) is 1.74. The Morgan fingerprint density at radius 3 is 2.61 bits per heavy atom. The molecule has 0 saturated carbocycles. The topological polar surface area (TPSA) is 78.3 Å². The van der Waals surface area contributed by atoms with E-state index in [1.54, 1.807) is 37.3 Å². The van der Waals surface area contributed by atoms with Gasteiger partial charge in [-0.3, -0.25) is 9.59 Å². The van der Waals surface area contributed by atoms with E-state index in [9.17, 15) is 14.4 Å². The lowest BCUT2D eigenvalue weighted by Gasteiger charge is -2.10. The average Bonchev–Trinajstić information content (AvgIpc) is 3.20. The van der Waals surface area contributed by atoms with Gasteiger partial charge in [0.2, 0.25) is 0 Å². The van der Waals surface area contributed by atoms with Crippen molar-refractivity contribution in [3.63, 3.8) is 0 Å².